The van der Waals surface area contributed by atoms with Crippen molar-refractivity contribution in [1.29, 1.82) is 0 Å². The van der Waals surface area contributed by atoms with E-state index < -0.39 is 0 Å². The third-order valence-electron chi connectivity index (χ3n) is 3.31. The Morgan fingerprint density at radius 3 is 2.75 bits per heavy atom. The van der Waals surface area contributed by atoms with Gasteiger partial charge in [0.15, 0.2) is 0 Å². The van der Waals surface area contributed by atoms with Crippen LogP contribution >= 0.6 is 0 Å². The van der Waals surface area contributed by atoms with Crippen LogP contribution in [-0.2, 0) is 11.2 Å². The summed E-state index contributed by atoms with van der Waals surface area (Å²) >= 11 is 0. The lowest BCUT2D eigenvalue weighted by Gasteiger charge is -2.16. The molecule has 86 valence electrons. The zero-order valence-electron chi connectivity index (χ0n) is 9.78. The van der Waals surface area contributed by atoms with E-state index in [9.17, 15) is 4.79 Å². The van der Waals surface area contributed by atoms with Crippen LogP contribution < -0.4 is 5.32 Å². The van der Waals surface area contributed by atoms with E-state index >= 15 is 0 Å². The number of rotatable bonds is 2. The maximum atomic E-state index is 11.7. The molecule has 1 unspecified atom stereocenters. The van der Waals surface area contributed by atoms with Gasteiger partial charge in [-0.15, -0.1) is 0 Å². The molecule has 0 spiro atoms. The number of hydrogen-bond acceptors (Lipinski definition) is 1. The van der Waals surface area contributed by atoms with Crippen LogP contribution in [0.5, 0.6) is 0 Å². The third-order valence-corrected chi connectivity index (χ3v) is 3.31. The van der Waals surface area contributed by atoms with E-state index in [0.717, 1.165) is 25.7 Å². The van der Waals surface area contributed by atoms with Crippen molar-refractivity contribution < 1.29 is 4.79 Å². The minimum absolute atomic E-state index is 0.181. The summed E-state index contributed by atoms with van der Waals surface area (Å²) < 4.78 is 0. The van der Waals surface area contributed by atoms with E-state index in [4.69, 9.17) is 0 Å². The molecule has 1 amide bonds. The predicted molar refractivity (Wildman–Crippen MR) is 65.1 cm³/mol. The average molecular weight is 217 g/mol. The van der Waals surface area contributed by atoms with Gasteiger partial charge in [0.25, 0.3) is 0 Å². The molecule has 0 bridgehead atoms. The molecule has 2 nitrogen and oxygen atoms in total. The zero-order valence-corrected chi connectivity index (χ0v) is 9.78. The monoisotopic (exact) mass is 217 g/mol. The fraction of sp³-hybridized carbons (Fsp3) is 0.500. The van der Waals surface area contributed by atoms with Crippen LogP contribution in [-0.4, -0.2) is 11.9 Å². The maximum absolute atomic E-state index is 11.7. The lowest BCUT2D eigenvalue weighted by atomic mass is 10.0. The first kappa shape index (κ1) is 11.2. The molecule has 2 heteroatoms. The van der Waals surface area contributed by atoms with Gasteiger partial charge in [-0.05, 0) is 24.8 Å². The first-order valence-corrected chi connectivity index (χ1v) is 6.10. The number of benzene rings is 1. The standard InChI is InChI=1S/C14H19NO/c1-11-6-5-9-13(15-14(11)16)10-12-7-3-2-4-8-12/h2-4,7-8,11,13H,5-6,9-10H2,1H3,(H,15,16)/t11?,13-/m1/s1. The molecule has 0 radical (unpaired) electrons. The van der Waals surface area contributed by atoms with Crippen molar-refractivity contribution in [2.24, 2.45) is 5.92 Å². The summed E-state index contributed by atoms with van der Waals surface area (Å²) in [4.78, 5) is 11.7. The van der Waals surface area contributed by atoms with E-state index in [0.29, 0.717) is 6.04 Å². The molecule has 1 fully saturated rings. The highest BCUT2D eigenvalue weighted by Gasteiger charge is 2.21. The Bertz CT molecular complexity index is 347. The highest BCUT2D eigenvalue weighted by molar-refractivity contribution is 5.78. The molecule has 1 aliphatic rings. The Labute approximate surface area is 97.1 Å². The molecule has 16 heavy (non-hydrogen) atoms. The Morgan fingerprint density at radius 2 is 2.00 bits per heavy atom. The molecule has 1 saturated heterocycles. The molecule has 1 N–H and O–H groups in total. The van der Waals surface area contributed by atoms with Crippen molar-refractivity contribution in [3.63, 3.8) is 0 Å². The number of amides is 1. The maximum Gasteiger partial charge on any atom is 0.223 e. The van der Waals surface area contributed by atoms with Crippen LogP contribution in [0.4, 0.5) is 0 Å². The summed E-state index contributed by atoms with van der Waals surface area (Å²) in [5, 5.41) is 3.14. The second-order valence-corrected chi connectivity index (χ2v) is 4.73. The van der Waals surface area contributed by atoms with Crippen LogP contribution in [0.25, 0.3) is 0 Å². The molecule has 0 aliphatic carbocycles. The second kappa shape index (κ2) is 5.15. The largest absolute Gasteiger partial charge is 0.353 e. The summed E-state index contributed by atoms with van der Waals surface area (Å²) in [5.74, 6) is 0.402. The van der Waals surface area contributed by atoms with Gasteiger partial charge in [-0.25, -0.2) is 0 Å². The number of carbonyl (C=O) groups excluding carboxylic acids is 1. The molecule has 1 aliphatic heterocycles. The van der Waals surface area contributed by atoms with Crippen molar-refractivity contribution in [3.05, 3.63) is 35.9 Å². The molecule has 2 rings (SSSR count). The van der Waals surface area contributed by atoms with Crippen molar-refractivity contribution in [2.75, 3.05) is 0 Å². The summed E-state index contributed by atoms with van der Waals surface area (Å²) in [6.07, 6.45) is 4.23. The lowest BCUT2D eigenvalue weighted by Crippen LogP contribution is -2.37. The number of nitrogens with one attached hydrogen (secondary N) is 1. The van der Waals surface area contributed by atoms with E-state index in [-0.39, 0.29) is 11.8 Å². The molecule has 0 aromatic heterocycles. The Morgan fingerprint density at radius 1 is 1.25 bits per heavy atom. The topological polar surface area (TPSA) is 29.1 Å². The summed E-state index contributed by atoms with van der Waals surface area (Å²) in [6, 6.07) is 10.7. The summed E-state index contributed by atoms with van der Waals surface area (Å²) in [6.45, 7) is 2.01. The van der Waals surface area contributed by atoms with E-state index in [2.05, 4.69) is 29.6 Å². The van der Waals surface area contributed by atoms with E-state index in [1.807, 2.05) is 13.0 Å². The number of hydrogen-bond donors (Lipinski definition) is 1. The van der Waals surface area contributed by atoms with Crippen LogP contribution in [0.15, 0.2) is 30.3 Å². The first-order valence-electron chi connectivity index (χ1n) is 6.10. The summed E-state index contributed by atoms with van der Waals surface area (Å²) in [5.41, 5.74) is 1.31. The van der Waals surface area contributed by atoms with Gasteiger partial charge in [0.05, 0.1) is 0 Å². The highest BCUT2D eigenvalue weighted by Crippen LogP contribution is 2.17. The molecular weight excluding hydrogens is 198 g/mol. The predicted octanol–water partition coefficient (Wildman–Crippen LogP) is 2.53. The van der Waals surface area contributed by atoms with Crippen molar-refractivity contribution in [1.82, 2.24) is 5.32 Å². The van der Waals surface area contributed by atoms with Crippen LogP contribution in [0.1, 0.15) is 31.7 Å². The van der Waals surface area contributed by atoms with Gasteiger partial charge in [0.1, 0.15) is 0 Å². The average Bonchev–Trinajstić information content (AvgIpc) is 2.43. The Balaban J connectivity index is 1.97. The molecule has 0 saturated carbocycles. The minimum atomic E-state index is 0.181. The fourth-order valence-corrected chi connectivity index (χ4v) is 2.27. The van der Waals surface area contributed by atoms with Gasteiger partial charge in [0.2, 0.25) is 5.91 Å². The third kappa shape index (κ3) is 2.84. The van der Waals surface area contributed by atoms with Crippen molar-refractivity contribution in [3.8, 4) is 0 Å². The molecule has 1 heterocycles. The van der Waals surface area contributed by atoms with Crippen molar-refractivity contribution >= 4 is 5.91 Å². The van der Waals surface area contributed by atoms with Gasteiger partial charge >= 0.3 is 0 Å². The Hall–Kier alpha value is -1.31. The van der Waals surface area contributed by atoms with E-state index in [1.165, 1.54) is 5.56 Å². The van der Waals surface area contributed by atoms with Gasteiger partial charge in [-0.2, -0.15) is 0 Å². The molecule has 2 atom stereocenters. The first-order chi connectivity index (χ1) is 7.75. The van der Waals surface area contributed by atoms with Crippen LogP contribution in [0, 0.1) is 5.92 Å². The second-order valence-electron chi connectivity index (χ2n) is 4.73. The highest BCUT2D eigenvalue weighted by atomic mass is 16.1. The zero-order chi connectivity index (χ0) is 11.4. The van der Waals surface area contributed by atoms with Gasteiger partial charge in [0, 0.05) is 12.0 Å². The van der Waals surface area contributed by atoms with E-state index in [1.54, 1.807) is 0 Å². The fourth-order valence-electron chi connectivity index (χ4n) is 2.27. The minimum Gasteiger partial charge on any atom is -0.353 e. The normalized spacial score (nSPS) is 25.9. The summed E-state index contributed by atoms with van der Waals surface area (Å²) in [7, 11) is 0. The Kier molecular flexibility index (Phi) is 3.60. The van der Waals surface area contributed by atoms with Crippen LogP contribution in [0.3, 0.4) is 0 Å². The quantitative estimate of drug-likeness (QED) is 0.810. The van der Waals surface area contributed by atoms with Gasteiger partial charge in [-0.3, -0.25) is 4.79 Å². The molecule has 1 aromatic rings. The molecule has 1 aromatic carbocycles. The number of carbonyl (C=O) groups is 1. The lowest BCUT2D eigenvalue weighted by molar-refractivity contribution is -0.124. The van der Waals surface area contributed by atoms with Gasteiger partial charge < -0.3 is 5.32 Å². The smallest absolute Gasteiger partial charge is 0.223 e. The van der Waals surface area contributed by atoms with Crippen molar-refractivity contribution in [2.45, 2.75) is 38.6 Å². The SMILES string of the molecule is CC1CCC[C@H](Cc2ccccc2)NC1=O. The van der Waals surface area contributed by atoms with Crippen LogP contribution in [0.2, 0.25) is 0 Å². The molecular formula is C14H19NO. The van der Waals surface area contributed by atoms with Gasteiger partial charge in [-0.1, -0.05) is 43.7 Å².